The standard InChI is InChI=1S/C22H17ClN2O4S2/c1-29-19-11-17(6-7-18(19)23)31(27,28)16-4-2-14(3-5-16)12-25-22(26)20-10-15-8-9-24-13-21(15)30-20/h2-11,13H,12H2,1H3,(H,25,26). The molecule has 0 unspecified atom stereocenters. The van der Waals surface area contributed by atoms with E-state index >= 15 is 0 Å². The van der Waals surface area contributed by atoms with E-state index in [0.717, 1.165) is 15.6 Å². The van der Waals surface area contributed by atoms with Gasteiger partial charge in [-0.2, -0.15) is 0 Å². The molecule has 4 rings (SSSR count). The molecule has 0 aliphatic heterocycles. The molecule has 2 aromatic carbocycles. The second-order valence-corrected chi connectivity index (χ2v) is 10.1. The van der Waals surface area contributed by atoms with Crippen LogP contribution in [0, 0.1) is 0 Å². The Bertz CT molecular complexity index is 1330. The summed E-state index contributed by atoms with van der Waals surface area (Å²) in [5, 5.41) is 4.16. The zero-order valence-electron chi connectivity index (χ0n) is 16.3. The average Bonchev–Trinajstić information content (AvgIpc) is 3.22. The molecule has 0 atom stereocenters. The van der Waals surface area contributed by atoms with E-state index in [4.69, 9.17) is 16.3 Å². The Morgan fingerprint density at radius 1 is 1.10 bits per heavy atom. The molecular formula is C22H17ClN2O4S2. The van der Waals surface area contributed by atoms with Crippen molar-refractivity contribution in [1.29, 1.82) is 0 Å². The van der Waals surface area contributed by atoms with Gasteiger partial charge in [-0.05, 0) is 47.3 Å². The van der Waals surface area contributed by atoms with Gasteiger partial charge in [-0.1, -0.05) is 23.7 Å². The predicted octanol–water partition coefficient (Wildman–Crippen LogP) is 4.72. The number of nitrogens with zero attached hydrogens (tertiary/aromatic N) is 1. The van der Waals surface area contributed by atoms with Crippen molar-refractivity contribution in [3.8, 4) is 5.75 Å². The van der Waals surface area contributed by atoms with Crippen molar-refractivity contribution in [1.82, 2.24) is 10.3 Å². The third kappa shape index (κ3) is 4.41. The summed E-state index contributed by atoms with van der Waals surface area (Å²) >= 11 is 7.36. The Morgan fingerprint density at radius 2 is 1.84 bits per heavy atom. The molecule has 0 spiro atoms. The molecule has 2 aromatic heterocycles. The van der Waals surface area contributed by atoms with Gasteiger partial charge in [0.2, 0.25) is 9.84 Å². The van der Waals surface area contributed by atoms with Gasteiger partial charge in [0.25, 0.3) is 5.91 Å². The summed E-state index contributed by atoms with van der Waals surface area (Å²) in [5.74, 6) is 0.102. The Morgan fingerprint density at radius 3 is 2.55 bits per heavy atom. The summed E-state index contributed by atoms with van der Waals surface area (Å²) in [5.41, 5.74) is 0.781. The Labute approximate surface area is 188 Å². The van der Waals surface area contributed by atoms with Crippen molar-refractivity contribution in [2.75, 3.05) is 7.11 Å². The van der Waals surface area contributed by atoms with Crippen molar-refractivity contribution < 1.29 is 17.9 Å². The quantitative estimate of drug-likeness (QED) is 0.439. The fraction of sp³-hybridized carbons (Fsp3) is 0.0909. The number of carbonyl (C=O) groups excluding carboxylic acids is 1. The molecule has 0 radical (unpaired) electrons. The topological polar surface area (TPSA) is 85.4 Å². The minimum absolute atomic E-state index is 0.0917. The minimum atomic E-state index is -3.72. The molecule has 0 saturated heterocycles. The Kier molecular flexibility index (Phi) is 5.95. The number of fused-ring (bicyclic) bond motifs is 1. The number of benzene rings is 2. The second kappa shape index (κ2) is 8.66. The maximum absolute atomic E-state index is 12.9. The third-order valence-corrected chi connectivity index (χ3v) is 7.83. The highest BCUT2D eigenvalue weighted by molar-refractivity contribution is 7.91. The molecule has 1 N–H and O–H groups in total. The van der Waals surface area contributed by atoms with E-state index in [-0.39, 0.29) is 22.2 Å². The molecule has 6 nitrogen and oxygen atoms in total. The van der Waals surface area contributed by atoms with Crippen LogP contribution in [0.15, 0.2) is 76.8 Å². The van der Waals surface area contributed by atoms with Crippen LogP contribution in [-0.4, -0.2) is 26.4 Å². The van der Waals surface area contributed by atoms with E-state index in [1.54, 1.807) is 24.5 Å². The third-order valence-electron chi connectivity index (χ3n) is 4.67. The van der Waals surface area contributed by atoms with Gasteiger partial charge in [0, 0.05) is 25.0 Å². The molecule has 1 amide bonds. The van der Waals surface area contributed by atoms with Crippen LogP contribution in [0.25, 0.3) is 10.1 Å². The van der Waals surface area contributed by atoms with Crippen LogP contribution in [0.2, 0.25) is 5.02 Å². The second-order valence-electron chi connectivity index (χ2n) is 6.65. The van der Waals surface area contributed by atoms with Crippen LogP contribution in [0.4, 0.5) is 0 Å². The number of methoxy groups -OCH3 is 1. The van der Waals surface area contributed by atoms with Crippen LogP contribution in [0.3, 0.4) is 0 Å². The molecule has 0 bridgehead atoms. The van der Waals surface area contributed by atoms with Crippen LogP contribution >= 0.6 is 22.9 Å². The first-order valence-electron chi connectivity index (χ1n) is 9.18. The number of ether oxygens (including phenoxy) is 1. The average molecular weight is 473 g/mol. The summed E-state index contributed by atoms with van der Waals surface area (Å²) in [4.78, 5) is 17.3. The minimum Gasteiger partial charge on any atom is -0.495 e. The number of pyridine rings is 1. The van der Waals surface area contributed by atoms with Crippen molar-refractivity contribution >= 4 is 48.8 Å². The van der Waals surface area contributed by atoms with Crippen molar-refractivity contribution in [3.05, 3.63) is 82.5 Å². The fourth-order valence-electron chi connectivity index (χ4n) is 3.00. The van der Waals surface area contributed by atoms with Crippen LogP contribution < -0.4 is 10.1 Å². The Hall–Kier alpha value is -2.94. The predicted molar refractivity (Wildman–Crippen MR) is 121 cm³/mol. The number of thiophene rings is 1. The highest BCUT2D eigenvalue weighted by Crippen LogP contribution is 2.30. The summed E-state index contributed by atoms with van der Waals surface area (Å²) < 4.78 is 31.8. The Balaban J connectivity index is 1.47. The first-order valence-corrected chi connectivity index (χ1v) is 11.9. The lowest BCUT2D eigenvalue weighted by atomic mass is 10.2. The number of amides is 1. The van der Waals surface area contributed by atoms with Gasteiger partial charge in [-0.25, -0.2) is 8.42 Å². The molecule has 0 fully saturated rings. The number of rotatable bonds is 6. The van der Waals surface area contributed by atoms with E-state index in [9.17, 15) is 13.2 Å². The lowest BCUT2D eigenvalue weighted by Crippen LogP contribution is -2.21. The molecular weight excluding hydrogens is 456 g/mol. The molecule has 2 heterocycles. The van der Waals surface area contributed by atoms with E-state index in [1.165, 1.54) is 48.8 Å². The lowest BCUT2D eigenvalue weighted by molar-refractivity contribution is 0.0955. The van der Waals surface area contributed by atoms with Gasteiger partial charge in [0.15, 0.2) is 0 Å². The number of halogens is 1. The first kappa shape index (κ1) is 21.3. The monoisotopic (exact) mass is 472 g/mol. The zero-order chi connectivity index (χ0) is 22.0. The number of hydrogen-bond acceptors (Lipinski definition) is 6. The first-order chi connectivity index (χ1) is 14.9. The normalized spacial score (nSPS) is 11.4. The van der Waals surface area contributed by atoms with Crippen molar-refractivity contribution in [2.45, 2.75) is 16.3 Å². The number of nitrogens with one attached hydrogen (secondary N) is 1. The highest BCUT2D eigenvalue weighted by Gasteiger charge is 2.19. The molecule has 0 aliphatic carbocycles. The maximum atomic E-state index is 12.9. The van der Waals surface area contributed by atoms with Gasteiger partial charge in [0.1, 0.15) is 5.75 Å². The van der Waals surface area contributed by atoms with Gasteiger partial charge in [-0.3, -0.25) is 9.78 Å². The maximum Gasteiger partial charge on any atom is 0.261 e. The van der Waals surface area contributed by atoms with Gasteiger partial charge in [0.05, 0.1) is 31.5 Å². The van der Waals surface area contributed by atoms with Crippen molar-refractivity contribution in [2.24, 2.45) is 0 Å². The largest absolute Gasteiger partial charge is 0.495 e. The number of aromatic nitrogens is 1. The van der Waals surface area contributed by atoms with Crippen LogP contribution in [-0.2, 0) is 16.4 Å². The number of hydrogen-bond donors (Lipinski definition) is 1. The molecule has 9 heteroatoms. The summed E-state index contributed by atoms with van der Waals surface area (Å²) in [6, 6.07) is 14.4. The smallest absolute Gasteiger partial charge is 0.261 e. The molecule has 31 heavy (non-hydrogen) atoms. The molecule has 0 aliphatic rings. The zero-order valence-corrected chi connectivity index (χ0v) is 18.7. The van der Waals surface area contributed by atoms with Crippen molar-refractivity contribution in [3.63, 3.8) is 0 Å². The summed E-state index contributed by atoms with van der Waals surface area (Å²) in [6.07, 6.45) is 3.42. The highest BCUT2D eigenvalue weighted by atomic mass is 35.5. The molecule has 0 saturated carbocycles. The summed E-state index contributed by atoms with van der Waals surface area (Å²) in [7, 11) is -2.30. The van der Waals surface area contributed by atoms with E-state index in [0.29, 0.717) is 15.6 Å². The van der Waals surface area contributed by atoms with Crippen LogP contribution in [0.5, 0.6) is 5.75 Å². The van der Waals surface area contributed by atoms with Crippen LogP contribution in [0.1, 0.15) is 15.2 Å². The van der Waals surface area contributed by atoms with E-state index < -0.39 is 9.84 Å². The van der Waals surface area contributed by atoms with Gasteiger partial charge in [-0.15, -0.1) is 11.3 Å². The van der Waals surface area contributed by atoms with Gasteiger partial charge < -0.3 is 10.1 Å². The van der Waals surface area contributed by atoms with Gasteiger partial charge >= 0.3 is 0 Å². The lowest BCUT2D eigenvalue weighted by Gasteiger charge is -2.09. The fourth-order valence-corrected chi connectivity index (χ4v) is 5.41. The summed E-state index contributed by atoms with van der Waals surface area (Å²) in [6.45, 7) is 0.278. The number of sulfone groups is 1. The molecule has 4 aromatic rings. The van der Waals surface area contributed by atoms with E-state index in [2.05, 4.69) is 10.3 Å². The van der Waals surface area contributed by atoms with E-state index in [1.807, 2.05) is 12.1 Å². The SMILES string of the molecule is COc1cc(S(=O)(=O)c2ccc(CNC(=O)c3cc4ccncc4s3)cc2)ccc1Cl. The number of carbonyl (C=O) groups is 1. The molecule has 158 valence electrons.